The Hall–Kier alpha value is -1.68. The highest BCUT2D eigenvalue weighted by Gasteiger charge is 2.23. The topological polar surface area (TPSA) is 64.6 Å². The quantitative estimate of drug-likeness (QED) is 0.181. The summed E-state index contributed by atoms with van der Waals surface area (Å²) in [5.41, 5.74) is 0. The van der Waals surface area contributed by atoms with Gasteiger partial charge in [0.25, 0.3) is 0 Å². The van der Waals surface area contributed by atoms with Crippen molar-refractivity contribution in [3.63, 3.8) is 0 Å². The largest absolute Gasteiger partial charge is 0.434 e. The first-order valence-corrected chi connectivity index (χ1v) is 11.4. The maximum absolute atomic E-state index is 11.7. The second-order valence-corrected chi connectivity index (χ2v) is 7.95. The summed E-state index contributed by atoms with van der Waals surface area (Å²) in [6.45, 7) is 2.14. The fraction of sp³-hybridized carbons (Fsp3) is 0.500. The van der Waals surface area contributed by atoms with Gasteiger partial charge in [-0.15, -0.1) is 0 Å². The minimum atomic E-state index is -3.47. The highest BCUT2D eigenvalue weighted by atomic mass is 31.2. The van der Waals surface area contributed by atoms with E-state index < -0.39 is 7.75 Å². The Labute approximate surface area is 170 Å². The lowest BCUT2D eigenvalue weighted by atomic mass is 10.2. The summed E-state index contributed by atoms with van der Waals surface area (Å²) in [7, 11) is -0.994. The third-order valence-corrected chi connectivity index (χ3v) is 5.16. The first-order chi connectivity index (χ1) is 13.6. The number of carbonyl (C=O) groups is 1. The summed E-state index contributed by atoms with van der Waals surface area (Å²) < 4.78 is 21.1. The molecule has 0 saturated heterocycles. The number of hydrogen-bond acceptors (Lipinski definition) is 4. The van der Waals surface area contributed by atoms with E-state index in [0.717, 1.165) is 38.5 Å². The standard InChI is InChI=1S/C22H36NO4P/c1-4-5-6-7-8-9-10-11-12-13-14-15-16-17-18-19-20-21-22(24)23-28(25,26-2)27-3/h5-6,8-9,11-12,14-15,17-18H,4,7,10,13,16,19-21H2,1-3H3,(H,23,24,25)/b6-5-,9-8-,12-11-,15-14-,18-17-. The molecule has 0 rings (SSSR count). The van der Waals surface area contributed by atoms with Crippen LogP contribution in [0.25, 0.3) is 0 Å². The fourth-order valence-electron chi connectivity index (χ4n) is 2.12. The molecule has 6 heteroatoms. The average Bonchev–Trinajstić information content (AvgIpc) is 2.70. The molecule has 1 N–H and O–H groups in total. The smallest absolute Gasteiger partial charge is 0.296 e. The van der Waals surface area contributed by atoms with Crippen LogP contribution in [0.2, 0.25) is 0 Å². The molecule has 0 bridgehead atoms. The molecular formula is C22H36NO4P. The molecule has 158 valence electrons. The molecule has 28 heavy (non-hydrogen) atoms. The van der Waals surface area contributed by atoms with Gasteiger partial charge in [0.15, 0.2) is 0 Å². The molecule has 0 aromatic rings. The van der Waals surface area contributed by atoms with Crippen LogP contribution in [0.3, 0.4) is 0 Å². The lowest BCUT2D eigenvalue weighted by molar-refractivity contribution is -0.119. The summed E-state index contributed by atoms with van der Waals surface area (Å²) in [6, 6.07) is 0. The molecule has 0 saturated carbocycles. The number of unbranched alkanes of at least 4 members (excludes halogenated alkanes) is 1. The van der Waals surface area contributed by atoms with Crippen molar-refractivity contribution >= 4 is 13.7 Å². The minimum Gasteiger partial charge on any atom is -0.296 e. The van der Waals surface area contributed by atoms with Crippen LogP contribution in [0.15, 0.2) is 60.8 Å². The second-order valence-electron chi connectivity index (χ2n) is 6.00. The first-order valence-electron chi connectivity index (χ1n) is 9.85. The van der Waals surface area contributed by atoms with Crippen LogP contribution in [0.4, 0.5) is 0 Å². The van der Waals surface area contributed by atoms with Crippen LogP contribution < -0.4 is 5.09 Å². The van der Waals surface area contributed by atoms with E-state index >= 15 is 0 Å². The Morgan fingerprint density at radius 2 is 1.21 bits per heavy atom. The zero-order chi connectivity index (χ0) is 20.9. The van der Waals surface area contributed by atoms with Gasteiger partial charge in [-0.25, -0.2) is 4.57 Å². The molecule has 0 fully saturated rings. The maximum atomic E-state index is 11.7. The van der Waals surface area contributed by atoms with Crippen molar-refractivity contribution in [3.8, 4) is 0 Å². The third-order valence-electron chi connectivity index (χ3n) is 3.67. The molecule has 0 aliphatic rings. The van der Waals surface area contributed by atoms with Crippen LogP contribution in [-0.4, -0.2) is 20.1 Å². The van der Waals surface area contributed by atoms with E-state index in [1.54, 1.807) is 0 Å². The highest BCUT2D eigenvalue weighted by molar-refractivity contribution is 7.52. The van der Waals surface area contributed by atoms with E-state index in [4.69, 9.17) is 0 Å². The predicted molar refractivity (Wildman–Crippen MR) is 118 cm³/mol. The van der Waals surface area contributed by atoms with Crippen molar-refractivity contribution < 1.29 is 18.4 Å². The van der Waals surface area contributed by atoms with Crippen molar-refractivity contribution in [2.75, 3.05) is 14.2 Å². The predicted octanol–water partition coefficient (Wildman–Crippen LogP) is 6.43. The summed E-state index contributed by atoms with van der Waals surface area (Å²) >= 11 is 0. The molecule has 0 atom stereocenters. The summed E-state index contributed by atoms with van der Waals surface area (Å²) in [5.74, 6) is -0.334. The Morgan fingerprint density at radius 3 is 1.64 bits per heavy atom. The molecule has 0 radical (unpaired) electrons. The maximum Gasteiger partial charge on any atom is 0.434 e. The van der Waals surface area contributed by atoms with Gasteiger partial charge in [-0.2, -0.15) is 0 Å². The Balaban J connectivity index is 3.69. The van der Waals surface area contributed by atoms with Gasteiger partial charge < -0.3 is 0 Å². The van der Waals surface area contributed by atoms with E-state index in [1.807, 2.05) is 0 Å². The molecule has 0 unspecified atom stereocenters. The number of rotatable bonds is 16. The number of nitrogens with one attached hydrogen (secondary N) is 1. The van der Waals surface area contributed by atoms with Gasteiger partial charge in [-0.05, 0) is 44.9 Å². The molecule has 5 nitrogen and oxygen atoms in total. The minimum absolute atomic E-state index is 0.283. The van der Waals surface area contributed by atoms with E-state index in [1.165, 1.54) is 14.2 Å². The van der Waals surface area contributed by atoms with Gasteiger partial charge in [0.1, 0.15) is 0 Å². The molecule has 0 aromatic heterocycles. The Bertz CT molecular complexity index is 583. The summed E-state index contributed by atoms with van der Waals surface area (Å²) in [4.78, 5) is 11.6. The molecular weight excluding hydrogens is 373 g/mol. The number of carbonyl (C=O) groups excluding carboxylic acids is 1. The number of amides is 1. The Kier molecular flexibility index (Phi) is 17.6. The van der Waals surface area contributed by atoms with Gasteiger partial charge in [-0.1, -0.05) is 67.7 Å². The molecule has 0 aromatic carbocycles. The molecule has 0 aliphatic heterocycles. The van der Waals surface area contributed by atoms with Gasteiger partial charge in [0, 0.05) is 20.6 Å². The van der Waals surface area contributed by atoms with Gasteiger partial charge in [-0.3, -0.25) is 18.9 Å². The molecule has 0 heterocycles. The third kappa shape index (κ3) is 16.5. The van der Waals surface area contributed by atoms with Crippen LogP contribution in [-0.2, 0) is 18.4 Å². The summed E-state index contributed by atoms with van der Waals surface area (Å²) in [5, 5.41) is 2.27. The Morgan fingerprint density at radius 1 is 0.786 bits per heavy atom. The average molecular weight is 410 g/mol. The molecule has 0 spiro atoms. The van der Waals surface area contributed by atoms with E-state index in [0.29, 0.717) is 6.42 Å². The van der Waals surface area contributed by atoms with Crippen molar-refractivity contribution in [3.05, 3.63) is 60.8 Å². The lowest BCUT2D eigenvalue weighted by Crippen LogP contribution is -2.21. The van der Waals surface area contributed by atoms with Crippen molar-refractivity contribution in [2.45, 2.75) is 58.3 Å². The van der Waals surface area contributed by atoms with Gasteiger partial charge >= 0.3 is 7.75 Å². The zero-order valence-corrected chi connectivity index (χ0v) is 18.4. The SMILES string of the molecule is CC/C=C\C/C=C\C/C=C\C/C=C\C/C=C\CCCC(=O)NP(=O)(OC)OC. The first kappa shape index (κ1) is 26.3. The van der Waals surface area contributed by atoms with E-state index in [-0.39, 0.29) is 12.3 Å². The van der Waals surface area contributed by atoms with Crippen LogP contribution >= 0.6 is 7.75 Å². The zero-order valence-electron chi connectivity index (χ0n) is 17.5. The fourth-order valence-corrected chi connectivity index (χ4v) is 2.87. The number of hydrogen-bond donors (Lipinski definition) is 1. The van der Waals surface area contributed by atoms with Crippen LogP contribution in [0.5, 0.6) is 0 Å². The van der Waals surface area contributed by atoms with Crippen LogP contribution in [0, 0.1) is 0 Å². The second kappa shape index (κ2) is 18.7. The van der Waals surface area contributed by atoms with Crippen molar-refractivity contribution in [1.82, 2.24) is 5.09 Å². The van der Waals surface area contributed by atoms with E-state index in [9.17, 15) is 9.36 Å². The normalized spacial score (nSPS) is 13.1. The monoisotopic (exact) mass is 409 g/mol. The molecule has 0 aliphatic carbocycles. The molecule has 1 amide bonds. The highest BCUT2D eigenvalue weighted by Crippen LogP contribution is 2.41. The summed E-state index contributed by atoms with van der Waals surface area (Å²) in [6.07, 6.45) is 28.2. The number of allylic oxidation sites excluding steroid dienone is 10. The van der Waals surface area contributed by atoms with Crippen molar-refractivity contribution in [2.24, 2.45) is 0 Å². The lowest BCUT2D eigenvalue weighted by Gasteiger charge is -2.13. The van der Waals surface area contributed by atoms with Gasteiger partial charge in [0.05, 0.1) is 0 Å². The van der Waals surface area contributed by atoms with E-state index in [2.05, 4.69) is 81.8 Å². The van der Waals surface area contributed by atoms with Crippen LogP contribution in [0.1, 0.15) is 58.3 Å². The van der Waals surface area contributed by atoms with Crippen molar-refractivity contribution in [1.29, 1.82) is 0 Å². The van der Waals surface area contributed by atoms with Gasteiger partial charge in [0.2, 0.25) is 5.91 Å².